The van der Waals surface area contributed by atoms with E-state index in [0.717, 1.165) is 44.6 Å². The Labute approximate surface area is 313 Å². The van der Waals surface area contributed by atoms with Gasteiger partial charge in [0.2, 0.25) is 0 Å². The summed E-state index contributed by atoms with van der Waals surface area (Å²) in [4.78, 5) is 4.64. The molecule has 0 aliphatic heterocycles. The van der Waals surface area contributed by atoms with Crippen molar-refractivity contribution >= 4 is 43.6 Å². The normalized spacial score (nSPS) is 11.5. The quantitative estimate of drug-likeness (QED) is 0.180. The molecule has 3 aromatic heterocycles. The van der Waals surface area contributed by atoms with Crippen molar-refractivity contribution in [3.8, 4) is 50.8 Å². The summed E-state index contributed by atoms with van der Waals surface area (Å²) >= 11 is 0. The molecule has 4 nitrogen and oxygen atoms in total. The van der Waals surface area contributed by atoms with Gasteiger partial charge in [-0.25, -0.2) is 0 Å². The van der Waals surface area contributed by atoms with Crippen LogP contribution in [0.2, 0.25) is 0 Å². The van der Waals surface area contributed by atoms with Crippen molar-refractivity contribution in [2.75, 3.05) is 0 Å². The highest BCUT2D eigenvalue weighted by Crippen LogP contribution is 2.41. The number of aryl methyl sites for hydroxylation is 2. The number of hydrogen-bond donors (Lipinski definition) is 0. The molecule has 0 aliphatic carbocycles. The fourth-order valence-corrected chi connectivity index (χ4v) is 8.39. The smallest absolute Gasteiger partial charge is 0.0998 e. The van der Waals surface area contributed by atoms with Gasteiger partial charge in [-0.05, 0) is 108 Å². The number of nitriles is 1. The summed E-state index contributed by atoms with van der Waals surface area (Å²) in [7, 11) is 0. The van der Waals surface area contributed by atoms with Crippen LogP contribution in [-0.4, -0.2) is 14.1 Å². The van der Waals surface area contributed by atoms with Gasteiger partial charge in [0.05, 0.1) is 39.4 Å². The van der Waals surface area contributed by atoms with Gasteiger partial charge in [-0.3, -0.25) is 4.98 Å². The van der Waals surface area contributed by atoms with E-state index in [1.54, 1.807) is 0 Å². The van der Waals surface area contributed by atoms with E-state index in [-0.39, 0.29) is 0 Å². The maximum Gasteiger partial charge on any atom is 0.0998 e. The van der Waals surface area contributed by atoms with Gasteiger partial charge in [0, 0.05) is 50.8 Å². The molecule has 0 fully saturated rings. The lowest BCUT2D eigenvalue weighted by Crippen LogP contribution is -2.01. The maximum absolute atomic E-state index is 10.5. The third-order valence-electron chi connectivity index (χ3n) is 11.0. The Morgan fingerprint density at radius 1 is 0.463 bits per heavy atom. The van der Waals surface area contributed by atoms with Crippen molar-refractivity contribution in [1.82, 2.24) is 14.1 Å². The van der Waals surface area contributed by atoms with Gasteiger partial charge in [0.1, 0.15) is 0 Å². The second-order valence-electron chi connectivity index (χ2n) is 14.0. The van der Waals surface area contributed by atoms with Gasteiger partial charge < -0.3 is 9.13 Å². The number of hydrogen-bond acceptors (Lipinski definition) is 2. The van der Waals surface area contributed by atoms with Crippen LogP contribution in [0, 0.1) is 25.2 Å². The first kappa shape index (κ1) is 31.5. The van der Waals surface area contributed by atoms with E-state index >= 15 is 0 Å². The number of rotatable bonds is 5. The molecule has 3 heterocycles. The summed E-state index contributed by atoms with van der Waals surface area (Å²) in [6.07, 6.45) is 3.74. The van der Waals surface area contributed by atoms with Crippen LogP contribution in [-0.2, 0) is 0 Å². The maximum atomic E-state index is 10.5. The van der Waals surface area contributed by atoms with Gasteiger partial charge in [-0.2, -0.15) is 5.26 Å². The molecule has 254 valence electrons. The zero-order chi connectivity index (χ0) is 36.3. The van der Waals surface area contributed by atoms with E-state index in [0.29, 0.717) is 5.56 Å². The second kappa shape index (κ2) is 12.5. The molecule has 0 unspecified atom stereocenters. The van der Waals surface area contributed by atoms with Crippen LogP contribution < -0.4 is 0 Å². The van der Waals surface area contributed by atoms with Gasteiger partial charge in [-0.1, -0.05) is 97.1 Å². The van der Waals surface area contributed by atoms with Crippen LogP contribution in [0.4, 0.5) is 0 Å². The summed E-state index contributed by atoms with van der Waals surface area (Å²) in [5, 5.41) is 15.3. The Bertz CT molecular complexity index is 3150. The van der Waals surface area contributed by atoms with Crippen molar-refractivity contribution in [3.63, 3.8) is 0 Å². The van der Waals surface area contributed by atoms with Crippen LogP contribution in [0.15, 0.2) is 170 Å². The number of nitrogens with zero attached hydrogens (tertiary/aromatic N) is 4. The Balaban J connectivity index is 1.18. The van der Waals surface area contributed by atoms with Crippen molar-refractivity contribution in [1.29, 1.82) is 5.26 Å². The third kappa shape index (κ3) is 4.87. The van der Waals surface area contributed by atoms with Crippen molar-refractivity contribution in [2.45, 2.75) is 13.8 Å². The van der Waals surface area contributed by atoms with Crippen LogP contribution in [0.3, 0.4) is 0 Å². The summed E-state index contributed by atoms with van der Waals surface area (Å²) in [5.74, 6) is 0. The third-order valence-corrected chi connectivity index (χ3v) is 11.0. The average molecular weight is 691 g/mol. The Kier molecular flexibility index (Phi) is 7.28. The summed E-state index contributed by atoms with van der Waals surface area (Å²) in [6.45, 7) is 4.32. The molecule has 0 spiro atoms. The molecule has 0 bridgehead atoms. The summed E-state index contributed by atoms with van der Waals surface area (Å²) < 4.78 is 4.64. The topological polar surface area (TPSA) is 46.5 Å². The zero-order valence-electron chi connectivity index (χ0n) is 30.0. The summed E-state index contributed by atoms with van der Waals surface area (Å²) in [5.41, 5.74) is 16.1. The highest BCUT2D eigenvalue weighted by atomic mass is 15.0. The lowest BCUT2D eigenvalue weighted by molar-refractivity contribution is 1.15. The molecule has 54 heavy (non-hydrogen) atoms. The predicted octanol–water partition coefficient (Wildman–Crippen LogP) is 12.8. The zero-order valence-corrected chi connectivity index (χ0v) is 30.0. The molecule has 4 heteroatoms. The van der Waals surface area contributed by atoms with Gasteiger partial charge in [-0.15, -0.1) is 0 Å². The van der Waals surface area contributed by atoms with E-state index in [2.05, 4.69) is 186 Å². The van der Waals surface area contributed by atoms with E-state index in [1.807, 2.05) is 18.5 Å². The van der Waals surface area contributed by atoms with Gasteiger partial charge in [0.25, 0.3) is 0 Å². The van der Waals surface area contributed by atoms with Crippen molar-refractivity contribution in [2.24, 2.45) is 0 Å². The molecule has 0 saturated heterocycles. The lowest BCUT2D eigenvalue weighted by atomic mass is 9.98. The minimum atomic E-state index is 0.596. The van der Waals surface area contributed by atoms with Gasteiger partial charge in [0.15, 0.2) is 0 Å². The first-order valence-corrected chi connectivity index (χ1v) is 18.3. The molecule has 0 aliphatic rings. The number of para-hydroxylation sites is 2. The second-order valence-corrected chi connectivity index (χ2v) is 14.0. The van der Waals surface area contributed by atoms with Crippen LogP contribution in [0.1, 0.15) is 16.7 Å². The SMILES string of the molecule is Cc1ccccc1-c1ccc2c(c1)c1ccccc1n2-c1ccc(C#N)c(-c2cnccc2-n2c3ccccc3c3cc(-c4ccccc4C)ccc32)c1. The minimum Gasteiger partial charge on any atom is -0.309 e. The van der Waals surface area contributed by atoms with E-state index in [9.17, 15) is 5.26 Å². The number of fused-ring (bicyclic) bond motifs is 6. The number of pyridine rings is 1. The van der Waals surface area contributed by atoms with Crippen LogP contribution in [0.5, 0.6) is 0 Å². The van der Waals surface area contributed by atoms with E-state index in [1.165, 1.54) is 54.9 Å². The largest absolute Gasteiger partial charge is 0.309 e. The summed E-state index contributed by atoms with van der Waals surface area (Å²) in [6, 6.07) is 58.5. The van der Waals surface area contributed by atoms with E-state index < -0.39 is 0 Å². The molecule has 0 saturated carbocycles. The molecule has 0 radical (unpaired) electrons. The Morgan fingerprint density at radius 3 is 1.61 bits per heavy atom. The minimum absolute atomic E-state index is 0.596. The molecule has 0 N–H and O–H groups in total. The average Bonchev–Trinajstić information content (AvgIpc) is 3.73. The molecule has 10 rings (SSSR count). The highest BCUT2D eigenvalue weighted by Gasteiger charge is 2.20. The van der Waals surface area contributed by atoms with Gasteiger partial charge >= 0.3 is 0 Å². The first-order valence-electron chi connectivity index (χ1n) is 18.3. The van der Waals surface area contributed by atoms with Crippen LogP contribution in [0.25, 0.3) is 88.4 Å². The fourth-order valence-electron chi connectivity index (χ4n) is 8.39. The highest BCUT2D eigenvalue weighted by molar-refractivity contribution is 6.12. The molecule has 0 atom stereocenters. The molecule has 10 aromatic rings. The Hall–Kier alpha value is -7.22. The van der Waals surface area contributed by atoms with Crippen LogP contribution >= 0.6 is 0 Å². The Morgan fingerprint density at radius 2 is 1.00 bits per heavy atom. The van der Waals surface area contributed by atoms with Crippen molar-refractivity contribution < 1.29 is 0 Å². The fraction of sp³-hybridized carbons (Fsp3) is 0.0400. The first-order chi connectivity index (χ1) is 26.6. The predicted molar refractivity (Wildman–Crippen MR) is 223 cm³/mol. The van der Waals surface area contributed by atoms with Crippen molar-refractivity contribution in [3.05, 3.63) is 187 Å². The molecular weight excluding hydrogens is 657 g/mol. The number of benzene rings is 7. The van der Waals surface area contributed by atoms with E-state index in [4.69, 9.17) is 0 Å². The standard InChI is InChI=1S/C50H34N4/c1-32-11-3-5-13-38(32)34-20-23-48-43(27-34)40-15-7-9-17-46(40)53(48)37-22-19-36(30-51)42(29-37)45-31-52-26-25-50(45)54-47-18-10-8-16-41(47)44-28-35(21-24-49(44)54)39-14-6-4-12-33(39)2/h3-29,31H,1-2H3. The molecular formula is C50H34N4. The molecule has 7 aromatic carbocycles. The number of aromatic nitrogens is 3. The lowest BCUT2D eigenvalue weighted by Gasteiger charge is -2.16. The molecule has 0 amide bonds. The monoisotopic (exact) mass is 690 g/mol.